The Kier molecular flexibility index (Phi) is 5.28. The van der Waals surface area contributed by atoms with Crippen LogP contribution in [0.4, 0.5) is 21.7 Å². The molecule has 5 rings (SSSR count). The first-order chi connectivity index (χ1) is 14.6. The second-order valence-electron chi connectivity index (χ2n) is 7.52. The third-order valence-corrected chi connectivity index (χ3v) is 5.71. The summed E-state index contributed by atoms with van der Waals surface area (Å²) >= 11 is 6.36. The Labute approximate surface area is 179 Å². The minimum Gasteiger partial charge on any atom is -0.379 e. The van der Waals surface area contributed by atoms with E-state index in [0.29, 0.717) is 22.7 Å². The molecule has 156 valence electrons. The first-order valence-corrected chi connectivity index (χ1v) is 10.3. The second kappa shape index (κ2) is 8.22. The molecule has 7 nitrogen and oxygen atoms in total. The predicted molar refractivity (Wildman–Crippen MR) is 114 cm³/mol. The number of aromatic nitrogens is 3. The number of hydrogen-bond acceptors (Lipinski definition) is 6. The number of morpholine rings is 1. The number of nitrogens with one attached hydrogen (secondary N) is 1. The topological polar surface area (TPSA) is 58.5 Å². The van der Waals surface area contributed by atoms with Crippen LogP contribution in [0.2, 0.25) is 5.02 Å². The number of ether oxygens (including phenoxy) is 1. The summed E-state index contributed by atoms with van der Waals surface area (Å²) in [6, 6.07) is 12.6. The summed E-state index contributed by atoms with van der Waals surface area (Å²) in [4.78, 5) is 9.08. The third-order valence-electron chi connectivity index (χ3n) is 5.49. The largest absolute Gasteiger partial charge is 0.379 e. The van der Waals surface area contributed by atoms with Crippen LogP contribution in [0, 0.1) is 5.82 Å². The average molecular weight is 429 g/mol. The van der Waals surface area contributed by atoms with Gasteiger partial charge in [0.25, 0.3) is 0 Å². The van der Waals surface area contributed by atoms with Gasteiger partial charge >= 0.3 is 0 Å². The number of nitrogens with zero attached hydrogens (tertiary/aromatic N) is 5. The summed E-state index contributed by atoms with van der Waals surface area (Å²) in [7, 11) is 0. The number of rotatable bonds is 5. The van der Waals surface area contributed by atoms with Gasteiger partial charge in [-0.3, -0.25) is 4.90 Å². The molecular weight excluding hydrogens is 407 g/mol. The maximum atomic E-state index is 13.5. The van der Waals surface area contributed by atoms with Crippen molar-refractivity contribution in [2.45, 2.75) is 6.04 Å². The SMILES string of the molecule is Fc1cccc(-n2cnc(Nc3cc(Cl)cc(N4CC(N5CCOCC5)C4)c3)n2)c1. The van der Waals surface area contributed by atoms with Gasteiger partial charge in [-0.2, -0.15) is 4.98 Å². The third kappa shape index (κ3) is 4.12. The summed E-state index contributed by atoms with van der Waals surface area (Å²) in [5.41, 5.74) is 2.49. The molecule has 30 heavy (non-hydrogen) atoms. The van der Waals surface area contributed by atoms with E-state index in [2.05, 4.69) is 25.2 Å². The van der Waals surface area contributed by atoms with Gasteiger partial charge in [0.2, 0.25) is 5.95 Å². The van der Waals surface area contributed by atoms with Crippen molar-refractivity contribution in [3.8, 4) is 5.69 Å². The van der Waals surface area contributed by atoms with Crippen LogP contribution >= 0.6 is 11.6 Å². The lowest BCUT2D eigenvalue weighted by Crippen LogP contribution is -2.61. The molecule has 0 spiro atoms. The number of halogens is 2. The Balaban J connectivity index is 1.27. The van der Waals surface area contributed by atoms with Crippen LogP contribution in [0.15, 0.2) is 48.8 Å². The van der Waals surface area contributed by atoms with E-state index in [1.54, 1.807) is 18.5 Å². The lowest BCUT2D eigenvalue weighted by atomic mass is 10.0. The molecule has 0 bridgehead atoms. The van der Waals surface area contributed by atoms with Crippen LogP contribution in [-0.2, 0) is 4.74 Å². The molecule has 1 N–H and O–H groups in total. The molecule has 0 saturated carbocycles. The molecule has 0 aliphatic carbocycles. The predicted octanol–water partition coefficient (Wildman–Crippen LogP) is 3.32. The number of benzene rings is 2. The van der Waals surface area contributed by atoms with Crippen molar-refractivity contribution in [1.82, 2.24) is 19.7 Å². The summed E-state index contributed by atoms with van der Waals surface area (Å²) in [6.45, 7) is 5.59. The molecule has 9 heteroatoms. The fraction of sp³-hybridized carbons (Fsp3) is 0.333. The quantitative estimate of drug-likeness (QED) is 0.672. The molecule has 2 aliphatic rings. The van der Waals surface area contributed by atoms with Gasteiger partial charge in [0.15, 0.2) is 0 Å². The molecule has 0 radical (unpaired) electrons. The van der Waals surface area contributed by atoms with Crippen LogP contribution in [0.5, 0.6) is 0 Å². The smallest absolute Gasteiger partial charge is 0.246 e. The van der Waals surface area contributed by atoms with Gasteiger partial charge in [0, 0.05) is 48.6 Å². The molecule has 2 aliphatic heterocycles. The van der Waals surface area contributed by atoms with Crippen molar-refractivity contribution in [1.29, 1.82) is 0 Å². The highest BCUT2D eigenvalue weighted by Gasteiger charge is 2.32. The van der Waals surface area contributed by atoms with Gasteiger partial charge in [-0.05, 0) is 36.4 Å². The van der Waals surface area contributed by atoms with Gasteiger partial charge in [0.1, 0.15) is 12.1 Å². The van der Waals surface area contributed by atoms with Crippen LogP contribution < -0.4 is 10.2 Å². The Morgan fingerprint density at radius 3 is 2.70 bits per heavy atom. The highest BCUT2D eigenvalue weighted by molar-refractivity contribution is 6.31. The van der Waals surface area contributed by atoms with E-state index in [1.165, 1.54) is 16.8 Å². The van der Waals surface area contributed by atoms with Gasteiger partial charge < -0.3 is 15.0 Å². The van der Waals surface area contributed by atoms with E-state index < -0.39 is 0 Å². The van der Waals surface area contributed by atoms with E-state index in [9.17, 15) is 4.39 Å². The first-order valence-electron chi connectivity index (χ1n) is 9.96. The summed E-state index contributed by atoms with van der Waals surface area (Å²) < 4.78 is 20.4. The monoisotopic (exact) mass is 428 g/mol. The highest BCUT2D eigenvalue weighted by atomic mass is 35.5. The van der Waals surface area contributed by atoms with Crippen molar-refractivity contribution in [3.63, 3.8) is 0 Å². The van der Waals surface area contributed by atoms with Crippen molar-refractivity contribution < 1.29 is 9.13 Å². The zero-order valence-corrected chi connectivity index (χ0v) is 17.1. The lowest BCUT2D eigenvalue weighted by Gasteiger charge is -2.47. The molecule has 0 unspecified atom stereocenters. The van der Waals surface area contributed by atoms with E-state index in [-0.39, 0.29) is 5.82 Å². The second-order valence-corrected chi connectivity index (χ2v) is 7.96. The summed E-state index contributed by atoms with van der Waals surface area (Å²) in [6.07, 6.45) is 1.55. The van der Waals surface area contributed by atoms with E-state index in [0.717, 1.165) is 50.8 Å². The number of hydrogen-bond donors (Lipinski definition) is 1. The maximum absolute atomic E-state index is 13.5. The fourth-order valence-corrected chi connectivity index (χ4v) is 4.09. The molecule has 2 fully saturated rings. The zero-order chi connectivity index (χ0) is 20.5. The van der Waals surface area contributed by atoms with Crippen molar-refractivity contribution >= 4 is 28.9 Å². The van der Waals surface area contributed by atoms with Gasteiger partial charge in [-0.1, -0.05) is 17.7 Å². The molecule has 2 saturated heterocycles. The zero-order valence-electron chi connectivity index (χ0n) is 16.3. The van der Waals surface area contributed by atoms with Gasteiger partial charge in [-0.15, -0.1) is 5.10 Å². The molecule has 1 aromatic heterocycles. The molecular formula is C21H22ClFN6O. The minimum atomic E-state index is -0.318. The number of anilines is 3. The van der Waals surface area contributed by atoms with E-state index in [4.69, 9.17) is 16.3 Å². The maximum Gasteiger partial charge on any atom is 0.246 e. The van der Waals surface area contributed by atoms with Crippen molar-refractivity contribution in [2.75, 3.05) is 49.6 Å². The van der Waals surface area contributed by atoms with Crippen LogP contribution in [-0.4, -0.2) is 65.1 Å². The normalized spacial score (nSPS) is 17.7. The molecule has 3 aromatic rings. The van der Waals surface area contributed by atoms with Crippen LogP contribution in [0.3, 0.4) is 0 Å². The Bertz CT molecular complexity index is 1030. The Hall–Kier alpha value is -2.68. The average Bonchev–Trinajstić information content (AvgIpc) is 3.16. The van der Waals surface area contributed by atoms with Gasteiger partial charge in [0.05, 0.1) is 18.9 Å². The molecule has 3 heterocycles. The van der Waals surface area contributed by atoms with Crippen LogP contribution in [0.25, 0.3) is 5.69 Å². The van der Waals surface area contributed by atoms with Crippen molar-refractivity contribution in [3.05, 3.63) is 59.6 Å². The lowest BCUT2D eigenvalue weighted by molar-refractivity contribution is 0.0105. The van der Waals surface area contributed by atoms with E-state index >= 15 is 0 Å². The Morgan fingerprint density at radius 1 is 1.07 bits per heavy atom. The summed E-state index contributed by atoms with van der Waals surface area (Å²) in [5.74, 6) is 0.101. The van der Waals surface area contributed by atoms with E-state index in [1.807, 2.05) is 18.2 Å². The fourth-order valence-electron chi connectivity index (χ4n) is 3.86. The summed E-state index contributed by atoms with van der Waals surface area (Å²) in [5, 5.41) is 8.22. The van der Waals surface area contributed by atoms with Crippen LogP contribution in [0.1, 0.15) is 0 Å². The van der Waals surface area contributed by atoms with Crippen molar-refractivity contribution in [2.24, 2.45) is 0 Å². The molecule has 2 aromatic carbocycles. The highest BCUT2D eigenvalue weighted by Crippen LogP contribution is 2.31. The Morgan fingerprint density at radius 2 is 1.90 bits per heavy atom. The molecule has 0 amide bonds. The first kappa shape index (κ1) is 19.3. The standard InChI is InChI=1S/C21H22ClFN6O/c22-15-8-17(25-21-24-14-29(26-21)18-3-1-2-16(23)10-18)11-19(9-15)28-12-20(13-28)27-4-6-30-7-5-27/h1-3,8-11,14,20H,4-7,12-13H2,(H,25,26). The molecule has 0 atom stereocenters. The van der Waals surface area contributed by atoms with Gasteiger partial charge in [-0.25, -0.2) is 9.07 Å². The minimum absolute atomic E-state index is 0.318.